The fraction of sp³-hybridized carbons (Fsp3) is 0.176. The number of methoxy groups -OCH3 is 2. The topological polar surface area (TPSA) is 84.9 Å². The van der Waals surface area contributed by atoms with Crippen molar-refractivity contribution in [2.45, 2.75) is 6.92 Å². The third kappa shape index (κ3) is 3.42. The highest BCUT2D eigenvalue weighted by Gasteiger charge is 2.15. The summed E-state index contributed by atoms with van der Waals surface area (Å²) in [6.45, 7) is 1.80. The molecule has 2 aromatic rings. The van der Waals surface area contributed by atoms with Gasteiger partial charge in [0.1, 0.15) is 11.4 Å². The lowest BCUT2D eigenvalue weighted by molar-refractivity contribution is -0.138. The maximum absolute atomic E-state index is 11.8. The average Bonchev–Trinajstić information content (AvgIpc) is 2.57. The Bertz CT molecular complexity index is 795. The molecule has 6 heteroatoms. The second-order valence-corrected chi connectivity index (χ2v) is 4.83. The number of esters is 2. The van der Waals surface area contributed by atoms with Crippen molar-refractivity contribution in [2.24, 2.45) is 0 Å². The Morgan fingerprint density at radius 1 is 1.09 bits per heavy atom. The second-order valence-electron chi connectivity index (χ2n) is 4.83. The molecule has 2 rings (SSSR count). The Labute approximate surface area is 133 Å². The molecule has 0 saturated heterocycles. The highest BCUT2D eigenvalue weighted by atomic mass is 16.5. The summed E-state index contributed by atoms with van der Waals surface area (Å²) in [5.74, 6) is -1.22. The van der Waals surface area contributed by atoms with Gasteiger partial charge in [-0.3, -0.25) is 0 Å². The van der Waals surface area contributed by atoms with Crippen LogP contribution < -0.4 is 5.32 Å². The molecule has 0 aliphatic carbocycles. The molecule has 0 fully saturated rings. The molecular formula is C17H17NO5. The predicted octanol–water partition coefficient (Wildman–Crippen LogP) is 2.50. The number of fused-ring (bicyclic) bond motifs is 1. The van der Waals surface area contributed by atoms with Gasteiger partial charge in [0.2, 0.25) is 0 Å². The smallest absolute Gasteiger partial charge is 0.354 e. The summed E-state index contributed by atoms with van der Waals surface area (Å²) in [7, 11) is 2.43. The predicted molar refractivity (Wildman–Crippen MR) is 86.1 cm³/mol. The number of aromatic hydroxyl groups is 1. The normalized spacial score (nSPS) is 11.2. The Kier molecular flexibility index (Phi) is 4.85. The first-order chi connectivity index (χ1) is 11.0. The minimum Gasteiger partial charge on any atom is -0.507 e. The second kappa shape index (κ2) is 6.83. The van der Waals surface area contributed by atoms with Crippen molar-refractivity contribution < 1.29 is 24.2 Å². The molecule has 0 spiro atoms. The molecule has 0 saturated carbocycles. The summed E-state index contributed by atoms with van der Waals surface area (Å²) in [4.78, 5) is 23.2. The Balaban J connectivity index is 2.51. The fourth-order valence-electron chi connectivity index (χ4n) is 2.14. The van der Waals surface area contributed by atoms with E-state index in [0.29, 0.717) is 16.5 Å². The zero-order chi connectivity index (χ0) is 17.0. The number of hydrogen-bond donors (Lipinski definition) is 2. The summed E-state index contributed by atoms with van der Waals surface area (Å²) in [6.07, 6.45) is 1.01. The van der Waals surface area contributed by atoms with Gasteiger partial charge in [0.05, 0.1) is 20.3 Å². The van der Waals surface area contributed by atoms with Crippen molar-refractivity contribution in [3.63, 3.8) is 0 Å². The van der Waals surface area contributed by atoms with Gasteiger partial charge in [0.15, 0.2) is 0 Å². The highest BCUT2D eigenvalue weighted by Crippen LogP contribution is 2.33. The van der Waals surface area contributed by atoms with Crippen LogP contribution in [-0.2, 0) is 19.1 Å². The van der Waals surface area contributed by atoms with Crippen molar-refractivity contribution in [1.82, 2.24) is 0 Å². The molecule has 6 nitrogen and oxygen atoms in total. The molecule has 0 radical (unpaired) electrons. The third-order valence-electron chi connectivity index (χ3n) is 3.37. The van der Waals surface area contributed by atoms with Crippen LogP contribution in [0, 0.1) is 6.92 Å². The fourth-order valence-corrected chi connectivity index (χ4v) is 2.14. The number of carbonyl (C=O) groups excluding carboxylic acids is 2. The molecule has 23 heavy (non-hydrogen) atoms. The number of benzene rings is 2. The van der Waals surface area contributed by atoms with Crippen molar-refractivity contribution in [2.75, 3.05) is 19.5 Å². The minimum atomic E-state index is -0.705. The van der Waals surface area contributed by atoms with Crippen molar-refractivity contribution >= 4 is 28.4 Å². The van der Waals surface area contributed by atoms with Crippen molar-refractivity contribution in [3.8, 4) is 5.75 Å². The first-order valence-corrected chi connectivity index (χ1v) is 6.84. The van der Waals surface area contributed by atoms with E-state index in [4.69, 9.17) is 0 Å². The van der Waals surface area contributed by atoms with Crippen LogP contribution in [0.25, 0.3) is 10.8 Å². The third-order valence-corrected chi connectivity index (χ3v) is 3.37. The number of rotatable bonds is 4. The lowest BCUT2D eigenvalue weighted by Gasteiger charge is -2.13. The van der Waals surface area contributed by atoms with Gasteiger partial charge in [0.25, 0.3) is 0 Å². The van der Waals surface area contributed by atoms with Gasteiger partial charge in [-0.1, -0.05) is 24.3 Å². The van der Waals surface area contributed by atoms with Crippen LogP contribution >= 0.6 is 0 Å². The molecule has 0 unspecified atom stereocenters. The minimum absolute atomic E-state index is 0.0630. The molecule has 0 aliphatic rings. The number of phenolic OH excluding ortho intramolecular Hbond substituents is 1. The van der Waals surface area contributed by atoms with Crippen LogP contribution in [0.15, 0.2) is 42.1 Å². The maximum atomic E-state index is 11.8. The zero-order valence-electron chi connectivity index (χ0n) is 13.0. The number of nitrogens with one attached hydrogen (secondary N) is 1. The van der Waals surface area contributed by atoms with E-state index in [1.165, 1.54) is 14.2 Å². The molecule has 0 amide bonds. The van der Waals surface area contributed by atoms with Gasteiger partial charge < -0.3 is 19.9 Å². The van der Waals surface area contributed by atoms with Gasteiger partial charge in [0, 0.05) is 16.5 Å². The van der Waals surface area contributed by atoms with E-state index in [-0.39, 0.29) is 11.4 Å². The quantitative estimate of drug-likeness (QED) is 0.666. The number of ether oxygens (including phenoxy) is 2. The molecule has 120 valence electrons. The van der Waals surface area contributed by atoms with E-state index < -0.39 is 11.9 Å². The Morgan fingerprint density at radius 3 is 2.48 bits per heavy atom. The van der Waals surface area contributed by atoms with E-state index in [1.54, 1.807) is 31.2 Å². The Hall–Kier alpha value is -3.02. The summed E-state index contributed by atoms with van der Waals surface area (Å²) in [5, 5.41) is 14.3. The molecule has 2 N–H and O–H groups in total. The molecule has 0 heterocycles. The molecule has 0 aromatic heterocycles. The number of aryl methyl sites for hydroxylation is 1. The molecule has 2 aromatic carbocycles. The monoisotopic (exact) mass is 315 g/mol. The SMILES string of the molecule is COC(=O)/C=C(/Nc1cccc2c(O)c(C)ccc12)C(=O)OC. The van der Waals surface area contributed by atoms with Crippen LogP contribution in [-0.4, -0.2) is 31.3 Å². The highest BCUT2D eigenvalue weighted by molar-refractivity contribution is 6.03. The van der Waals surface area contributed by atoms with Crippen LogP contribution in [0.3, 0.4) is 0 Å². The average molecular weight is 315 g/mol. The van der Waals surface area contributed by atoms with E-state index in [0.717, 1.165) is 11.6 Å². The van der Waals surface area contributed by atoms with E-state index >= 15 is 0 Å². The summed E-state index contributed by atoms with van der Waals surface area (Å²) < 4.78 is 9.19. The van der Waals surface area contributed by atoms with Crippen LogP contribution in [0.5, 0.6) is 5.75 Å². The van der Waals surface area contributed by atoms with Crippen LogP contribution in [0.4, 0.5) is 5.69 Å². The largest absolute Gasteiger partial charge is 0.507 e. The lowest BCUT2D eigenvalue weighted by atomic mass is 10.0. The van der Waals surface area contributed by atoms with Crippen molar-refractivity contribution in [3.05, 3.63) is 47.7 Å². The number of carbonyl (C=O) groups is 2. The van der Waals surface area contributed by atoms with Gasteiger partial charge >= 0.3 is 11.9 Å². The van der Waals surface area contributed by atoms with Gasteiger partial charge in [-0.15, -0.1) is 0 Å². The van der Waals surface area contributed by atoms with E-state index in [9.17, 15) is 14.7 Å². The standard InChI is InChI=1S/C17H17NO5/c1-10-7-8-11-12(16(10)20)5-4-6-13(11)18-14(17(21)23-3)9-15(19)22-2/h4-9,18,20H,1-3H3/b14-9+. The number of anilines is 1. The van der Waals surface area contributed by atoms with Gasteiger partial charge in [-0.25, -0.2) is 9.59 Å². The van der Waals surface area contributed by atoms with Gasteiger partial charge in [-0.05, 0) is 18.6 Å². The first-order valence-electron chi connectivity index (χ1n) is 6.84. The Morgan fingerprint density at radius 2 is 1.83 bits per heavy atom. The van der Waals surface area contributed by atoms with Crippen LogP contribution in [0.1, 0.15) is 5.56 Å². The molecular weight excluding hydrogens is 298 g/mol. The summed E-state index contributed by atoms with van der Waals surface area (Å²) >= 11 is 0. The number of hydrogen-bond acceptors (Lipinski definition) is 6. The maximum Gasteiger partial charge on any atom is 0.354 e. The van der Waals surface area contributed by atoms with E-state index in [2.05, 4.69) is 14.8 Å². The van der Waals surface area contributed by atoms with Crippen LogP contribution in [0.2, 0.25) is 0 Å². The zero-order valence-corrected chi connectivity index (χ0v) is 13.0. The molecule has 0 atom stereocenters. The lowest BCUT2D eigenvalue weighted by Crippen LogP contribution is -2.15. The van der Waals surface area contributed by atoms with Gasteiger partial charge in [-0.2, -0.15) is 0 Å². The number of phenols is 1. The summed E-state index contributed by atoms with van der Waals surface area (Å²) in [5.41, 5.74) is 1.23. The molecule has 0 bridgehead atoms. The summed E-state index contributed by atoms with van der Waals surface area (Å²) in [6, 6.07) is 8.82. The molecule has 0 aliphatic heterocycles. The van der Waals surface area contributed by atoms with E-state index in [1.807, 2.05) is 6.07 Å². The van der Waals surface area contributed by atoms with Crippen molar-refractivity contribution in [1.29, 1.82) is 0 Å². The first kappa shape index (κ1) is 16.4.